The van der Waals surface area contributed by atoms with Crippen LogP contribution in [0.1, 0.15) is 50.9 Å². The van der Waals surface area contributed by atoms with Gasteiger partial charge in [-0.25, -0.2) is 4.98 Å². The van der Waals surface area contributed by atoms with E-state index in [9.17, 15) is 22.8 Å². The van der Waals surface area contributed by atoms with Crippen LogP contribution < -0.4 is 5.32 Å². The van der Waals surface area contributed by atoms with Crippen molar-refractivity contribution >= 4 is 17.5 Å². The Bertz CT molecular complexity index is 1410. The number of rotatable bonds is 5. The van der Waals surface area contributed by atoms with Crippen LogP contribution in [-0.4, -0.2) is 49.6 Å². The van der Waals surface area contributed by atoms with Crippen LogP contribution >= 0.6 is 0 Å². The van der Waals surface area contributed by atoms with E-state index in [-0.39, 0.29) is 17.5 Å². The molecule has 3 heterocycles. The maximum absolute atomic E-state index is 13.0. The highest BCUT2D eigenvalue weighted by atomic mass is 19.4. The quantitative estimate of drug-likeness (QED) is 0.402. The van der Waals surface area contributed by atoms with E-state index in [2.05, 4.69) is 20.5 Å². The van der Waals surface area contributed by atoms with Crippen molar-refractivity contribution < 1.29 is 22.8 Å². The maximum Gasteiger partial charge on any atom is 0.433 e. The van der Waals surface area contributed by atoms with Gasteiger partial charge in [0.15, 0.2) is 0 Å². The molecule has 0 atom stereocenters. The highest BCUT2D eigenvalue weighted by Gasteiger charge is 2.33. The van der Waals surface area contributed by atoms with Gasteiger partial charge >= 0.3 is 6.18 Å². The molecule has 38 heavy (non-hydrogen) atoms. The maximum atomic E-state index is 13.0. The van der Waals surface area contributed by atoms with Crippen LogP contribution in [0.4, 0.5) is 18.9 Å². The zero-order valence-corrected chi connectivity index (χ0v) is 20.1. The first-order chi connectivity index (χ1) is 18.3. The Morgan fingerprint density at radius 1 is 0.868 bits per heavy atom. The number of alkyl halides is 3. The van der Waals surface area contributed by atoms with Crippen LogP contribution in [-0.2, 0) is 6.18 Å². The Kier molecular flexibility index (Phi) is 6.91. The third-order valence-electron chi connectivity index (χ3n) is 6.53. The number of likely N-dealkylation sites (tertiary alicyclic amines) is 1. The van der Waals surface area contributed by atoms with Crippen molar-refractivity contribution in [3.63, 3.8) is 0 Å². The predicted octanol–water partition coefficient (Wildman–Crippen LogP) is 4.95. The lowest BCUT2D eigenvalue weighted by molar-refractivity contribution is -0.141. The summed E-state index contributed by atoms with van der Waals surface area (Å²) in [6.45, 7) is 1.24. The molecule has 0 bridgehead atoms. The van der Waals surface area contributed by atoms with E-state index < -0.39 is 17.8 Å². The molecule has 1 aliphatic rings. The molecular formula is C27H23F3N6O2. The number of hydrogen-bond acceptors (Lipinski definition) is 5. The van der Waals surface area contributed by atoms with E-state index in [1.165, 1.54) is 6.07 Å². The zero-order valence-electron chi connectivity index (χ0n) is 20.1. The number of carbonyl (C=O) groups excluding carboxylic acids is 2. The lowest BCUT2D eigenvalue weighted by atomic mass is 9.89. The summed E-state index contributed by atoms with van der Waals surface area (Å²) in [5.74, 6) is -0.476. The lowest BCUT2D eigenvalue weighted by Crippen LogP contribution is -2.37. The van der Waals surface area contributed by atoms with Gasteiger partial charge in [-0.05, 0) is 72.9 Å². The number of amides is 2. The number of aromatic nitrogens is 4. The highest BCUT2D eigenvalue weighted by Crippen LogP contribution is 2.30. The van der Waals surface area contributed by atoms with Crippen molar-refractivity contribution in [2.24, 2.45) is 0 Å². The SMILES string of the molecule is O=C(Nc1ccc(C2CCN(C(=O)c3ccc(-n4cnnc4)cc3)CC2)cc1)c1cccc(C(F)(F)F)n1. The van der Waals surface area contributed by atoms with Crippen molar-refractivity contribution in [1.29, 1.82) is 0 Å². The van der Waals surface area contributed by atoms with Gasteiger partial charge in [-0.2, -0.15) is 13.2 Å². The molecule has 194 valence electrons. The second-order valence-corrected chi connectivity index (χ2v) is 8.96. The number of piperidine rings is 1. The Labute approximate surface area is 216 Å². The van der Waals surface area contributed by atoms with E-state index >= 15 is 0 Å². The predicted molar refractivity (Wildman–Crippen MR) is 133 cm³/mol. The molecule has 4 aromatic rings. The standard InChI is InChI=1S/C27H23F3N6O2/c28-27(29,30)24-3-1-2-23(34-24)25(37)33-21-8-4-18(5-9-21)19-12-14-35(15-13-19)26(38)20-6-10-22(11-7-20)36-16-31-32-17-36/h1-11,16-17,19H,12-15H2,(H,33,37). The number of hydrogen-bond donors (Lipinski definition) is 1. The minimum Gasteiger partial charge on any atom is -0.339 e. The van der Waals surface area contributed by atoms with Crippen LogP contribution in [0.25, 0.3) is 5.69 Å². The first kappa shape index (κ1) is 25.1. The molecule has 0 saturated carbocycles. The molecule has 0 aliphatic carbocycles. The molecule has 0 spiro atoms. The Morgan fingerprint density at radius 2 is 1.53 bits per heavy atom. The highest BCUT2D eigenvalue weighted by molar-refractivity contribution is 6.02. The fourth-order valence-electron chi connectivity index (χ4n) is 4.46. The molecule has 11 heteroatoms. The number of nitrogens with one attached hydrogen (secondary N) is 1. The molecule has 1 fully saturated rings. The van der Waals surface area contributed by atoms with Crippen molar-refractivity contribution in [2.45, 2.75) is 24.9 Å². The number of carbonyl (C=O) groups is 2. The van der Waals surface area contributed by atoms with Gasteiger partial charge < -0.3 is 10.2 Å². The van der Waals surface area contributed by atoms with E-state index in [0.29, 0.717) is 24.3 Å². The van der Waals surface area contributed by atoms with Gasteiger partial charge in [0.25, 0.3) is 11.8 Å². The second-order valence-electron chi connectivity index (χ2n) is 8.96. The van der Waals surface area contributed by atoms with Crippen LogP contribution in [0.5, 0.6) is 0 Å². The fourth-order valence-corrected chi connectivity index (χ4v) is 4.46. The van der Waals surface area contributed by atoms with Gasteiger partial charge in [-0.1, -0.05) is 18.2 Å². The summed E-state index contributed by atoms with van der Waals surface area (Å²) in [6, 6.07) is 17.7. The molecule has 0 unspecified atom stereocenters. The van der Waals surface area contributed by atoms with Crippen LogP contribution in [0.2, 0.25) is 0 Å². The molecular weight excluding hydrogens is 497 g/mol. The van der Waals surface area contributed by atoms with Crippen molar-refractivity contribution in [2.75, 3.05) is 18.4 Å². The van der Waals surface area contributed by atoms with Gasteiger partial charge in [0.2, 0.25) is 0 Å². The molecule has 2 aromatic carbocycles. The number of nitrogens with zero attached hydrogens (tertiary/aromatic N) is 5. The largest absolute Gasteiger partial charge is 0.433 e. The van der Waals surface area contributed by atoms with E-state index in [0.717, 1.165) is 36.2 Å². The average molecular weight is 521 g/mol. The fraction of sp³-hybridized carbons (Fsp3) is 0.222. The van der Waals surface area contributed by atoms with Gasteiger partial charge in [0.1, 0.15) is 24.0 Å². The lowest BCUT2D eigenvalue weighted by Gasteiger charge is -2.32. The van der Waals surface area contributed by atoms with E-state index in [1.807, 2.05) is 29.2 Å². The van der Waals surface area contributed by atoms with Crippen molar-refractivity contribution in [3.05, 3.63) is 102 Å². The minimum atomic E-state index is -4.62. The normalized spacial score (nSPS) is 14.3. The summed E-state index contributed by atoms with van der Waals surface area (Å²) in [7, 11) is 0. The minimum absolute atomic E-state index is 0.0139. The van der Waals surface area contributed by atoms with Crippen LogP contribution in [0, 0.1) is 0 Å². The number of anilines is 1. The van der Waals surface area contributed by atoms with Crippen LogP contribution in [0.15, 0.2) is 79.4 Å². The monoisotopic (exact) mass is 520 g/mol. The first-order valence-electron chi connectivity index (χ1n) is 12.0. The number of benzene rings is 2. The summed E-state index contributed by atoms with van der Waals surface area (Å²) >= 11 is 0. The van der Waals surface area contributed by atoms with Gasteiger partial charge in [0, 0.05) is 30.0 Å². The summed E-state index contributed by atoms with van der Waals surface area (Å²) in [5, 5.41) is 10.2. The molecule has 1 aliphatic heterocycles. The summed E-state index contributed by atoms with van der Waals surface area (Å²) in [4.78, 5) is 30.6. The Balaban J connectivity index is 1.15. The smallest absolute Gasteiger partial charge is 0.339 e. The molecule has 8 nitrogen and oxygen atoms in total. The Hall–Kier alpha value is -4.54. The van der Waals surface area contributed by atoms with Crippen LogP contribution in [0.3, 0.4) is 0 Å². The summed E-state index contributed by atoms with van der Waals surface area (Å²) in [6.07, 6.45) is 0.154. The zero-order chi connectivity index (χ0) is 26.7. The first-order valence-corrected chi connectivity index (χ1v) is 12.0. The van der Waals surface area contributed by atoms with Crippen molar-refractivity contribution in [1.82, 2.24) is 24.6 Å². The Morgan fingerprint density at radius 3 is 2.16 bits per heavy atom. The van der Waals surface area contributed by atoms with Gasteiger partial charge in [-0.15, -0.1) is 10.2 Å². The molecule has 1 N–H and O–H groups in total. The summed E-state index contributed by atoms with van der Waals surface area (Å²) in [5.41, 5.74) is 1.60. The van der Waals surface area contributed by atoms with Gasteiger partial charge in [-0.3, -0.25) is 14.2 Å². The van der Waals surface area contributed by atoms with E-state index in [4.69, 9.17) is 0 Å². The third kappa shape index (κ3) is 5.56. The third-order valence-corrected chi connectivity index (χ3v) is 6.53. The average Bonchev–Trinajstić information content (AvgIpc) is 3.48. The van der Waals surface area contributed by atoms with E-state index in [1.54, 1.807) is 41.5 Å². The van der Waals surface area contributed by atoms with Crippen molar-refractivity contribution in [3.8, 4) is 5.69 Å². The second kappa shape index (κ2) is 10.4. The summed E-state index contributed by atoms with van der Waals surface area (Å²) < 4.78 is 40.4. The molecule has 0 radical (unpaired) electrons. The molecule has 2 aromatic heterocycles. The molecule has 2 amide bonds. The molecule has 5 rings (SSSR count). The number of pyridine rings is 1. The number of halogens is 3. The topological polar surface area (TPSA) is 93.0 Å². The molecule has 1 saturated heterocycles. The van der Waals surface area contributed by atoms with Gasteiger partial charge in [0.05, 0.1) is 0 Å².